The van der Waals surface area contributed by atoms with Crippen molar-refractivity contribution in [3.8, 4) is 0 Å². The van der Waals surface area contributed by atoms with Gasteiger partial charge in [0.2, 0.25) is 5.91 Å². The molecule has 2 unspecified atom stereocenters. The fourth-order valence-corrected chi connectivity index (χ4v) is 2.89. The maximum absolute atomic E-state index is 12.0. The van der Waals surface area contributed by atoms with Crippen molar-refractivity contribution in [1.29, 1.82) is 0 Å². The predicted molar refractivity (Wildman–Crippen MR) is 85.6 cm³/mol. The lowest BCUT2D eigenvalue weighted by Crippen LogP contribution is -2.35. The van der Waals surface area contributed by atoms with Gasteiger partial charge >= 0.3 is 0 Å². The highest BCUT2D eigenvalue weighted by atomic mass is 79.9. The molecule has 1 aromatic rings. The van der Waals surface area contributed by atoms with Crippen molar-refractivity contribution in [3.05, 3.63) is 34.3 Å². The first kappa shape index (κ1) is 15.5. The Hall–Kier alpha value is -0.870. The van der Waals surface area contributed by atoms with E-state index in [4.69, 9.17) is 0 Å². The molecule has 3 nitrogen and oxygen atoms in total. The minimum absolute atomic E-state index is 0.0647. The maximum atomic E-state index is 12.0. The second kappa shape index (κ2) is 7.79. The average Bonchev–Trinajstić information content (AvgIpc) is 2.47. The second-order valence-corrected chi connectivity index (χ2v) is 6.44. The van der Waals surface area contributed by atoms with Crippen LogP contribution in [0.2, 0.25) is 0 Å². The number of rotatable bonds is 5. The quantitative estimate of drug-likeness (QED) is 0.861. The van der Waals surface area contributed by atoms with Crippen molar-refractivity contribution in [2.45, 2.75) is 51.1 Å². The summed E-state index contributed by atoms with van der Waals surface area (Å²) in [5.41, 5.74) is 1.14. The van der Waals surface area contributed by atoms with Gasteiger partial charge in [-0.25, -0.2) is 0 Å². The van der Waals surface area contributed by atoms with Crippen LogP contribution in [0.3, 0.4) is 0 Å². The molecule has 0 spiro atoms. The third-order valence-electron chi connectivity index (χ3n) is 3.88. The van der Waals surface area contributed by atoms with Crippen LogP contribution >= 0.6 is 15.9 Å². The Morgan fingerprint density at radius 2 is 2.15 bits per heavy atom. The molecule has 0 saturated carbocycles. The number of carbonyl (C=O) groups excluding carboxylic acids is 1. The number of hydrogen-bond acceptors (Lipinski definition) is 2. The number of amides is 1. The molecule has 0 bridgehead atoms. The van der Waals surface area contributed by atoms with Gasteiger partial charge in [0.1, 0.15) is 0 Å². The molecule has 0 aliphatic carbocycles. The Balaban J connectivity index is 1.74. The van der Waals surface area contributed by atoms with Crippen LogP contribution in [0.15, 0.2) is 28.7 Å². The highest BCUT2D eigenvalue weighted by molar-refractivity contribution is 9.10. The molecular formula is C16H23BrN2O. The molecule has 1 saturated heterocycles. The van der Waals surface area contributed by atoms with E-state index in [0.29, 0.717) is 12.5 Å². The van der Waals surface area contributed by atoms with E-state index in [1.165, 1.54) is 19.3 Å². The first-order valence-corrected chi connectivity index (χ1v) is 8.22. The largest absolute Gasteiger partial charge is 0.350 e. The summed E-state index contributed by atoms with van der Waals surface area (Å²) in [6.07, 6.45) is 5.31. The van der Waals surface area contributed by atoms with E-state index < -0.39 is 0 Å². The normalized spacial score (nSPS) is 20.4. The van der Waals surface area contributed by atoms with E-state index in [1.54, 1.807) is 0 Å². The fraction of sp³-hybridized carbons (Fsp3) is 0.562. The molecule has 0 radical (unpaired) electrons. The van der Waals surface area contributed by atoms with E-state index >= 15 is 0 Å². The molecule has 1 aliphatic rings. The zero-order valence-corrected chi connectivity index (χ0v) is 13.6. The van der Waals surface area contributed by atoms with E-state index in [0.717, 1.165) is 23.0 Å². The van der Waals surface area contributed by atoms with Gasteiger partial charge in [-0.1, -0.05) is 34.5 Å². The van der Waals surface area contributed by atoms with Gasteiger partial charge in [0.05, 0.1) is 6.04 Å². The molecule has 4 heteroatoms. The summed E-state index contributed by atoms with van der Waals surface area (Å²) < 4.78 is 1.06. The van der Waals surface area contributed by atoms with Crippen LogP contribution in [0.5, 0.6) is 0 Å². The van der Waals surface area contributed by atoms with E-state index in [9.17, 15) is 4.79 Å². The summed E-state index contributed by atoms with van der Waals surface area (Å²) in [6, 6.07) is 8.68. The molecule has 1 aliphatic heterocycles. The van der Waals surface area contributed by atoms with Gasteiger partial charge in [0.15, 0.2) is 0 Å². The number of carbonyl (C=O) groups is 1. The first-order chi connectivity index (χ1) is 9.65. The third kappa shape index (κ3) is 4.91. The molecule has 2 N–H and O–H groups in total. The predicted octanol–water partition coefficient (Wildman–Crippen LogP) is 3.55. The molecule has 1 amide bonds. The lowest BCUT2D eigenvalue weighted by atomic mass is 10.0. The van der Waals surface area contributed by atoms with E-state index in [-0.39, 0.29) is 11.9 Å². The molecule has 20 heavy (non-hydrogen) atoms. The maximum Gasteiger partial charge on any atom is 0.220 e. The highest BCUT2D eigenvalue weighted by Gasteiger charge is 2.15. The lowest BCUT2D eigenvalue weighted by Gasteiger charge is -2.23. The van der Waals surface area contributed by atoms with Gasteiger partial charge in [-0.2, -0.15) is 0 Å². The first-order valence-electron chi connectivity index (χ1n) is 7.43. The summed E-state index contributed by atoms with van der Waals surface area (Å²) >= 11 is 3.42. The molecule has 1 fully saturated rings. The van der Waals surface area contributed by atoms with Gasteiger partial charge in [0, 0.05) is 16.9 Å². The van der Waals surface area contributed by atoms with Crippen LogP contribution in [-0.2, 0) is 4.79 Å². The van der Waals surface area contributed by atoms with Gasteiger partial charge in [-0.05, 0) is 50.4 Å². The van der Waals surface area contributed by atoms with Gasteiger partial charge in [-0.15, -0.1) is 0 Å². The van der Waals surface area contributed by atoms with Crippen LogP contribution in [0.4, 0.5) is 0 Å². The number of halogens is 1. The molecule has 2 atom stereocenters. The molecule has 1 aromatic carbocycles. The van der Waals surface area contributed by atoms with Crippen molar-refractivity contribution < 1.29 is 4.79 Å². The van der Waals surface area contributed by atoms with Gasteiger partial charge in [-0.3, -0.25) is 4.79 Å². The molecule has 1 heterocycles. The van der Waals surface area contributed by atoms with Crippen LogP contribution in [0.1, 0.15) is 50.6 Å². The van der Waals surface area contributed by atoms with Crippen LogP contribution in [0, 0.1) is 0 Å². The number of piperidine rings is 1. The second-order valence-electron chi connectivity index (χ2n) is 5.53. The molecule has 0 aromatic heterocycles. The Labute approximate surface area is 129 Å². The number of benzene rings is 1. The van der Waals surface area contributed by atoms with Crippen LogP contribution in [-0.4, -0.2) is 18.5 Å². The number of hydrogen-bond donors (Lipinski definition) is 2. The Morgan fingerprint density at radius 1 is 1.40 bits per heavy atom. The Bertz CT molecular complexity index is 427. The topological polar surface area (TPSA) is 41.1 Å². The van der Waals surface area contributed by atoms with Crippen LogP contribution < -0.4 is 10.6 Å². The summed E-state index contributed by atoms with van der Waals surface area (Å²) in [5, 5.41) is 6.55. The number of nitrogens with one attached hydrogen (secondary N) is 2. The molecular weight excluding hydrogens is 316 g/mol. The monoisotopic (exact) mass is 338 g/mol. The van der Waals surface area contributed by atoms with Crippen molar-refractivity contribution in [1.82, 2.24) is 10.6 Å². The van der Waals surface area contributed by atoms with Crippen molar-refractivity contribution in [2.24, 2.45) is 0 Å². The summed E-state index contributed by atoms with van der Waals surface area (Å²) in [7, 11) is 0. The average molecular weight is 339 g/mol. The third-order valence-corrected chi connectivity index (χ3v) is 4.41. The minimum Gasteiger partial charge on any atom is -0.350 e. The SMILES string of the molecule is CC(NC(=O)CCC1CCCCN1)c1ccc(Br)cc1. The Morgan fingerprint density at radius 3 is 2.80 bits per heavy atom. The van der Waals surface area contributed by atoms with Crippen molar-refractivity contribution in [2.75, 3.05) is 6.54 Å². The summed E-state index contributed by atoms with van der Waals surface area (Å²) in [4.78, 5) is 12.0. The van der Waals surface area contributed by atoms with Crippen molar-refractivity contribution >= 4 is 21.8 Å². The van der Waals surface area contributed by atoms with Gasteiger partial charge in [0.25, 0.3) is 0 Å². The fourth-order valence-electron chi connectivity index (χ4n) is 2.62. The standard InChI is InChI=1S/C16H23BrN2O/c1-12(13-5-7-14(17)8-6-13)19-16(20)10-9-15-4-2-3-11-18-15/h5-8,12,15,18H,2-4,9-11H2,1H3,(H,19,20). The van der Waals surface area contributed by atoms with E-state index in [2.05, 4.69) is 26.6 Å². The Kier molecular flexibility index (Phi) is 6.05. The molecule has 110 valence electrons. The zero-order valence-electron chi connectivity index (χ0n) is 12.0. The summed E-state index contributed by atoms with van der Waals surface area (Å²) in [5.74, 6) is 0.146. The zero-order chi connectivity index (χ0) is 14.4. The highest BCUT2D eigenvalue weighted by Crippen LogP contribution is 2.17. The van der Waals surface area contributed by atoms with Crippen LogP contribution in [0.25, 0.3) is 0 Å². The summed E-state index contributed by atoms with van der Waals surface area (Å²) in [6.45, 7) is 3.13. The smallest absolute Gasteiger partial charge is 0.220 e. The minimum atomic E-state index is 0.0647. The van der Waals surface area contributed by atoms with Crippen molar-refractivity contribution in [3.63, 3.8) is 0 Å². The molecule has 2 rings (SSSR count). The lowest BCUT2D eigenvalue weighted by molar-refractivity contribution is -0.122. The van der Waals surface area contributed by atoms with E-state index in [1.807, 2.05) is 31.2 Å². The van der Waals surface area contributed by atoms with Gasteiger partial charge < -0.3 is 10.6 Å².